The average Bonchev–Trinajstić information content (AvgIpc) is 2.18. The van der Waals surface area contributed by atoms with Crippen molar-refractivity contribution < 1.29 is 9.66 Å². The smallest absolute Gasteiger partial charge is 0.294 e. The van der Waals surface area contributed by atoms with Crippen LogP contribution < -0.4 is 11.3 Å². The molecule has 0 aliphatic carbocycles. The van der Waals surface area contributed by atoms with E-state index in [2.05, 4.69) is 5.43 Å². The molecular formula is C8H11N3O3. The molecule has 0 radical (unpaired) electrons. The summed E-state index contributed by atoms with van der Waals surface area (Å²) in [5.74, 6) is 5.21. The summed E-state index contributed by atoms with van der Waals surface area (Å²) >= 11 is 0. The van der Waals surface area contributed by atoms with E-state index >= 15 is 0 Å². The molecule has 6 heteroatoms. The monoisotopic (exact) mass is 197 g/mol. The van der Waals surface area contributed by atoms with Gasteiger partial charge >= 0.3 is 0 Å². The van der Waals surface area contributed by atoms with Crippen molar-refractivity contribution in [2.75, 3.05) is 12.5 Å². The Morgan fingerprint density at radius 2 is 2.36 bits per heavy atom. The highest BCUT2D eigenvalue weighted by Crippen LogP contribution is 2.27. The molecule has 0 bridgehead atoms. The number of para-hydroxylation sites is 1. The highest BCUT2D eigenvalue weighted by Gasteiger charge is 2.15. The number of nitrogens with two attached hydrogens (primary N) is 1. The molecule has 1 aromatic rings. The van der Waals surface area contributed by atoms with Crippen molar-refractivity contribution in [1.82, 2.24) is 0 Å². The molecule has 0 aromatic heterocycles. The minimum Gasteiger partial charge on any atom is -0.380 e. The molecule has 0 unspecified atom stereocenters. The number of ether oxygens (including phenoxy) is 1. The van der Waals surface area contributed by atoms with Gasteiger partial charge in [0, 0.05) is 18.7 Å². The van der Waals surface area contributed by atoms with Gasteiger partial charge in [0.25, 0.3) is 5.69 Å². The second-order valence-electron chi connectivity index (χ2n) is 2.65. The van der Waals surface area contributed by atoms with Gasteiger partial charge in [-0.15, -0.1) is 0 Å². The van der Waals surface area contributed by atoms with Gasteiger partial charge in [0.05, 0.1) is 11.5 Å². The molecular weight excluding hydrogens is 186 g/mol. The molecule has 1 aromatic carbocycles. The Morgan fingerprint density at radius 3 is 2.86 bits per heavy atom. The van der Waals surface area contributed by atoms with Gasteiger partial charge in [0.2, 0.25) is 0 Å². The van der Waals surface area contributed by atoms with Gasteiger partial charge in [-0.05, 0) is 0 Å². The first-order valence-electron chi connectivity index (χ1n) is 3.92. The van der Waals surface area contributed by atoms with E-state index < -0.39 is 4.92 Å². The first-order chi connectivity index (χ1) is 6.70. The first kappa shape index (κ1) is 10.4. The molecule has 0 saturated heterocycles. The average molecular weight is 197 g/mol. The van der Waals surface area contributed by atoms with Crippen LogP contribution in [0.1, 0.15) is 5.56 Å². The summed E-state index contributed by atoms with van der Waals surface area (Å²) in [4.78, 5) is 10.1. The molecule has 0 amide bonds. The molecule has 14 heavy (non-hydrogen) atoms. The lowest BCUT2D eigenvalue weighted by atomic mass is 10.1. The number of benzene rings is 1. The Morgan fingerprint density at radius 1 is 1.64 bits per heavy atom. The predicted octanol–water partition coefficient (Wildman–Crippen LogP) is 1.03. The van der Waals surface area contributed by atoms with Gasteiger partial charge in [-0.3, -0.25) is 16.0 Å². The Balaban J connectivity index is 3.17. The van der Waals surface area contributed by atoms with Crippen molar-refractivity contribution in [3.63, 3.8) is 0 Å². The highest BCUT2D eigenvalue weighted by molar-refractivity contribution is 5.65. The summed E-state index contributed by atoms with van der Waals surface area (Å²) in [7, 11) is 1.51. The minimum absolute atomic E-state index is 0.0537. The molecule has 76 valence electrons. The van der Waals surface area contributed by atoms with Crippen molar-refractivity contribution in [3.8, 4) is 0 Å². The summed E-state index contributed by atoms with van der Waals surface area (Å²) in [6.45, 7) is 0.279. The third-order valence-corrected chi connectivity index (χ3v) is 1.77. The third kappa shape index (κ3) is 1.98. The van der Waals surface area contributed by atoms with E-state index in [0.717, 1.165) is 0 Å². The Labute approximate surface area is 80.8 Å². The van der Waals surface area contributed by atoms with Crippen LogP contribution in [0.25, 0.3) is 0 Å². The van der Waals surface area contributed by atoms with Crippen molar-refractivity contribution in [1.29, 1.82) is 0 Å². The normalized spacial score (nSPS) is 9.86. The van der Waals surface area contributed by atoms with Gasteiger partial charge < -0.3 is 10.2 Å². The lowest BCUT2D eigenvalue weighted by Crippen LogP contribution is -2.11. The largest absolute Gasteiger partial charge is 0.380 e. The van der Waals surface area contributed by atoms with Crippen LogP contribution in [0.4, 0.5) is 11.4 Å². The topological polar surface area (TPSA) is 90.4 Å². The number of nitrogens with zero attached hydrogens (tertiary/aromatic N) is 1. The molecule has 0 fully saturated rings. The summed E-state index contributed by atoms with van der Waals surface area (Å²) < 4.78 is 4.89. The SMILES string of the molecule is COCc1cccc([N+](=O)[O-])c1NN. The number of nitrogens with one attached hydrogen (secondary N) is 1. The number of nitro groups is 1. The fourth-order valence-corrected chi connectivity index (χ4v) is 1.18. The van der Waals surface area contributed by atoms with E-state index in [1.165, 1.54) is 13.2 Å². The first-order valence-corrected chi connectivity index (χ1v) is 3.92. The molecule has 0 spiro atoms. The number of anilines is 1. The van der Waals surface area contributed by atoms with Crippen molar-refractivity contribution >= 4 is 11.4 Å². The van der Waals surface area contributed by atoms with Crippen LogP contribution in [0, 0.1) is 10.1 Å². The molecule has 0 aliphatic heterocycles. The van der Waals surface area contributed by atoms with E-state index in [-0.39, 0.29) is 12.3 Å². The molecule has 0 heterocycles. The zero-order valence-corrected chi connectivity index (χ0v) is 7.69. The van der Waals surface area contributed by atoms with Crippen LogP contribution in [-0.4, -0.2) is 12.0 Å². The van der Waals surface area contributed by atoms with E-state index in [9.17, 15) is 10.1 Å². The number of nitrogen functional groups attached to an aromatic ring is 1. The number of hydrogen-bond donors (Lipinski definition) is 2. The maximum Gasteiger partial charge on any atom is 0.294 e. The van der Waals surface area contributed by atoms with E-state index in [1.807, 2.05) is 0 Å². The molecule has 0 aliphatic rings. The van der Waals surface area contributed by atoms with E-state index in [0.29, 0.717) is 11.3 Å². The van der Waals surface area contributed by atoms with Crippen molar-refractivity contribution in [2.24, 2.45) is 5.84 Å². The van der Waals surface area contributed by atoms with E-state index in [4.69, 9.17) is 10.6 Å². The van der Waals surface area contributed by atoms with Crippen LogP contribution in [0.5, 0.6) is 0 Å². The number of rotatable bonds is 4. The zero-order valence-electron chi connectivity index (χ0n) is 7.69. The fraction of sp³-hybridized carbons (Fsp3) is 0.250. The second kappa shape index (κ2) is 4.54. The van der Waals surface area contributed by atoms with Crippen LogP contribution in [-0.2, 0) is 11.3 Å². The van der Waals surface area contributed by atoms with Gasteiger partial charge in [-0.25, -0.2) is 0 Å². The quantitative estimate of drug-likeness (QED) is 0.427. The van der Waals surface area contributed by atoms with Crippen LogP contribution in [0.2, 0.25) is 0 Å². The maximum atomic E-state index is 10.6. The Hall–Kier alpha value is -1.66. The lowest BCUT2D eigenvalue weighted by Gasteiger charge is -2.07. The standard InChI is InChI=1S/C8H11N3O3/c1-14-5-6-3-2-4-7(11(12)13)8(6)10-9/h2-4,10H,5,9H2,1H3. The Kier molecular flexibility index (Phi) is 3.38. The minimum atomic E-state index is -0.492. The summed E-state index contributed by atoms with van der Waals surface area (Å²) in [6, 6.07) is 4.69. The Bertz CT molecular complexity index is 341. The summed E-state index contributed by atoms with van der Waals surface area (Å²) in [6.07, 6.45) is 0. The van der Waals surface area contributed by atoms with Gasteiger partial charge in [-0.1, -0.05) is 12.1 Å². The number of hydrazine groups is 1. The second-order valence-corrected chi connectivity index (χ2v) is 2.65. The van der Waals surface area contributed by atoms with Crippen LogP contribution in [0.15, 0.2) is 18.2 Å². The molecule has 6 nitrogen and oxygen atoms in total. The number of nitro benzene ring substituents is 1. The lowest BCUT2D eigenvalue weighted by molar-refractivity contribution is -0.384. The zero-order chi connectivity index (χ0) is 10.6. The summed E-state index contributed by atoms with van der Waals surface area (Å²) in [5, 5.41) is 10.6. The van der Waals surface area contributed by atoms with Crippen molar-refractivity contribution in [2.45, 2.75) is 6.61 Å². The van der Waals surface area contributed by atoms with Gasteiger partial charge in [0.15, 0.2) is 0 Å². The van der Waals surface area contributed by atoms with Gasteiger partial charge in [-0.2, -0.15) is 0 Å². The van der Waals surface area contributed by atoms with Crippen molar-refractivity contribution in [3.05, 3.63) is 33.9 Å². The van der Waals surface area contributed by atoms with E-state index in [1.54, 1.807) is 12.1 Å². The molecule has 0 saturated carbocycles. The molecule has 3 N–H and O–H groups in total. The highest BCUT2D eigenvalue weighted by atomic mass is 16.6. The predicted molar refractivity (Wildman–Crippen MR) is 51.6 cm³/mol. The molecule has 1 rings (SSSR count). The maximum absolute atomic E-state index is 10.6. The number of hydrogen-bond acceptors (Lipinski definition) is 5. The fourth-order valence-electron chi connectivity index (χ4n) is 1.18. The third-order valence-electron chi connectivity index (χ3n) is 1.77. The van der Waals surface area contributed by atoms with Gasteiger partial charge in [0.1, 0.15) is 5.69 Å². The molecule has 0 atom stereocenters. The van der Waals surface area contributed by atoms with Crippen LogP contribution in [0.3, 0.4) is 0 Å². The summed E-state index contributed by atoms with van der Waals surface area (Å²) in [5.41, 5.74) is 3.20. The van der Waals surface area contributed by atoms with Crippen LogP contribution >= 0.6 is 0 Å². The number of methoxy groups -OCH3 is 1.